The van der Waals surface area contributed by atoms with Crippen LogP contribution in [0.4, 0.5) is 16.2 Å². The number of benzene rings is 3. The maximum Gasteiger partial charge on any atom is 0.339 e. The smallest absolute Gasteiger partial charge is 0.339 e. The number of hydrogen-bond donors (Lipinski definition) is 1. The average Bonchev–Trinajstić information content (AvgIpc) is 2.94. The number of halogens is 2. The van der Waals surface area contributed by atoms with Crippen molar-refractivity contribution >= 4 is 50.7 Å². The van der Waals surface area contributed by atoms with Crippen LogP contribution >= 0.6 is 23.2 Å². The predicted octanol–water partition coefficient (Wildman–Crippen LogP) is 6.30. The molecule has 9 nitrogen and oxygen atoms in total. The van der Waals surface area contributed by atoms with Crippen LogP contribution in [0.25, 0.3) is 0 Å². The highest BCUT2D eigenvalue weighted by molar-refractivity contribution is 7.87. The lowest BCUT2D eigenvalue weighted by atomic mass is 10.1. The quantitative estimate of drug-likeness (QED) is 0.227. The Labute approximate surface area is 245 Å². The topological polar surface area (TPSA) is 97.4 Å². The zero-order valence-electron chi connectivity index (χ0n) is 22.8. The van der Waals surface area contributed by atoms with Gasteiger partial charge in [-0.05, 0) is 50.2 Å². The number of nitrogens with one attached hydrogen (secondary N) is 1. The number of rotatable bonds is 13. The molecule has 3 rings (SSSR count). The number of urea groups is 1. The van der Waals surface area contributed by atoms with Crippen molar-refractivity contribution in [3.8, 4) is 11.5 Å². The number of ether oxygens (including phenoxy) is 2. The lowest BCUT2D eigenvalue weighted by Gasteiger charge is -2.26. The van der Waals surface area contributed by atoms with Gasteiger partial charge in [0, 0.05) is 44.1 Å². The first-order valence-corrected chi connectivity index (χ1v) is 14.7. The molecule has 3 aromatic carbocycles. The highest BCUT2D eigenvalue weighted by Gasteiger charge is 2.23. The van der Waals surface area contributed by atoms with Gasteiger partial charge in [0.25, 0.3) is 0 Å². The Bertz CT molecular complexity index is 1420. The first kappa shape index (κ1) is 31.3. The van der Waals surface area contributed by atoms with Gasteiger partial charge in [-0.1, -0.05) is 41.4 Å². The van der Waals surface area contributed by atoms with E-state index in [0.717, 1.165) is 5.69 Å². The molecule has 0 aromatic heterocycles. The Morgan fingerprint density at radius 1 is 0.925 bits per heavy atom. The van der Waals surface area contributed by atoms with E-state index >= 15 is 0 Å². The standard InChI is InChI=1S/C28H33Cl2N3O6S/c1-5-32(6-2)21-12-11-20(27(17-21)39-40(35,36)22-13-14-23(29)24(30)18-22)19-33(15-16-37-3)28(34)31-25-9-7-8-10-26(25)38-4/h7-14,17-18H,5-6,15-16,19H2,1-4H3,(H,31,34). The molecule has 0 unspecified atom stereocenters. The van der Waals surface area contributed by atoms with Gasteiger partial charge in [0.1, 0.15) is 16.4 Å². The molecule has 40 heavy (non-hydrogen) atoms. The number of hydrogen-bond acceptors (Lipinski definition) is 7. The largest absolute Gasteiger partial charge is 0.495 e. The molecule has 0 atom stereocenters. The minimum Gasteiger partial charge on any atom is -0.495 e. The van der Waals surface area contributed by atoms with Gasteiger partial charge in [0.2, 0.25) is 0 Å². The summed E-state index contributed by atoms with van der Waals surface area (Å²) in [6.07, 6.45) is 0. The molecule has 216 valence electrons. The van der Waals surface area contributed by atoms with Crippen LogP contribution in [0.1, 0.15) is 19.4 Å². The molecule has 0 fully saturated rings. The maximum atomic E-state index is 13.4. The summed E-state index contributed by atoms with van der Waals surface area (Å²) < 4.78 is 42.8. The van der Waals surface area contributed by atoms with Crippen LogP contribution in [-0.2, 0) is 21.4 Å². The Morgan fingerprint density at radius 3 is 2.30 bits per heavy atom. The van der Waals surface area contributed by atoms with E-state index in [4.69, 9.17) is 36.9 Å². The van der Waals surface area contributed by atoms with Gasteiger partial charge in [-0.15, -0.1) is 0 Å². The molecule has 0 aliphatic carbocycles. The van der Waals surface area contributed by atoms with E-state index in [1.807, 2.05) is 19.9 Å². The third-order valence-corrected chi connectivity index (χ3v) is 8.09. The zero-order valence-corrected chi connectivity index (χ0v) is 25.1. The summed E-state index contributed by atoms with van der Waals surface area (Å²) in [5, 5.41) is 3.16. The second kappa shape index (κ2) is 14.5. The van der Waals surface area contributed by atoms with Crippen molar-refractivity contribution in [3.63, 3.8) is 0 Å². The van der Waals surface area contributed by atoms with E-state index in [0.29, 0.717) is 30.1 Å². The fourth-order valence-electron chi connectivity index (χ4n) is 3.94. The number of carbonyl (C=O) groups excluding carboxylic acids is 1. The average molecular weight is 611 g/mol. The number of carbonyl (C=O) groups is 1. The third-order valence-electron chi connectivity index (χ3n) is 6.12. The lowest BCUT2D eigenvalue weighted by molar-refractivity contribution is 0.152. The van der Waals surface area contributed by atoms with Crippen LogP contribution in [-0.4, -0.2) is 59.8 Å². The third kappa shape index (κ3) is 7.94. The van der Waals surface area contributed by atoms with Gasteiger partial charge >= 0.3 is 16.1 Å². The second-order valence-corrected chi connectivity index (χ2v) is 11.0. The molecule has 3 aromatic rings. The predicted molar refractivity (Wildman–Crippen MR) is 159 cm³/mol. The van der Waals surface area contributed by atoms with Gasteiger partial charge in [0.15, 0.2) is 0 Å². The molecule has 1 N–H and O–H groups in total. The number of anilines is 2. The van der Waals surface area contributed by atoms with Crippen LogP contribution in [0.2, 0.25) is 10.0 Å². The Kier molecular flexibility index (Phi) is 11.3. The van der Waals surface area contributed by atoms with E-state index in [2.05, 4.69) is 10.2 Å². The van der Waals surface area contributed by atoms with E-state index in [-0.39, 0.29) is 40.4 Å². The Hall–Kier alpha value is -3.18. The number of nitrogens with zero attached hydrogens (tertiary/aromatic N) is 2. The second-order valence-electron chi connectivity index (χ2n) is 8.62. The summed E-state index contributed by atoms with van der Waals surface area (Å²) in [5.74, 6) is 0.589. The molecule has 2 amide bonds. The van der Waals surface area contributed by atoms with Crippen molar-refractivity contribution in [3.05, 3.63) is 76.3 Å². The number of para-hydroxylation sites is 2. The van der Waals surface area contributed by atoms with Crippen LogP contribution in [0, 0.1) is 0 Å². The van der Waals surface area contributed by atoms with E-state index in [1.54, 1.807) is 36.4 Å². The van der Waals surface area contributed by atoms with E-state index in [1.165, 1.54) is 37.3 Å². The molecule has 0 radical (unpaired) electrons. The van der Waals surface area contributed by atoms with Crippen LogP contribution in [0.15, 0.2) is 65.6 Å². The van der Waals surface area contributed by atoms with Crippen molar-refractivity contribution in [2.75, 3.05) is 50.7 Å². The van der Waals surface area contributed by atoms with E-state index in [9.17, 15) is 13.2 Å². The van der Waals surface area contributed by atoms with Crippen molar-refractivity contribution < 1.29 is 26.9 Å². The van der Waals surface area contributed by atoms with Crippen molar-refractivity contribution in [2.24, 2.45) is 0 Å². The minimum absolute atomic E-state index is 0.0368. The van der Waals surface area contributed by atoms with Crippen molar-refractivity contribution in [2.45, 2.75) is 25.3 Å². The van der Waals surface area contributed by atoms with Gasteiger partial charge in [-0.2, -0.15) is 8.42 Å². The minimum atomic E-state index is -4.28. The first-order valence-electron chi connectivity index (χ1n) is 12.6. The molecular formula is C28H33Cl2N3O6S. The van der Waals surface area contributed by atoms with E-state index < -0.39 is 16.1 Å². The van der Waals surface area contributed by atoms with Gasteiger partial charge < -0.3 is 28.8 Å². The summed E-state index contributed by atoms with van der Waals surface area (Å²) in [7, 11) is -1.23. The van der Waals surface area contributed by atoms with Gasteiger partial charge in [-0.3, -0.25) is 0 Å². The normalized spacial score (nSPS) is 11.2. The molecule has 0 aliphatic heterocycles. The zero-order chi connectivity index (χ0) is 29.3. The molecular weight excluding hydrogens is 577 g/mol. The first-order chi connectivity index (χ1) is 19.1. The summed E-state index contributed by atoms with van der Waals surface area (Å²) in [4.78, 5) is 16.8. The monoisotopic (exact) mass is 609 g/mol. The summed E-state index contributed by atoms with van der Waals surface area (Å²) in [6, 6.07) is 15.8. The van der Waals surface area contributed by atoms with Gasteiger partial charge in [0.05, 0.1) is 36.0 Å². The highest BCUT2D eigenvalue weighted by Crippen LogP contribution is 2.32. The Balaban J connectivity index is 1.99. The summed E-state index contributed by atoms with van der Waals surface area (Å²) in [6.45, 7) is 5.93. The summed E-state index contributed by atoms with van der Waals surface area (Å²) in [5.41, 5.74) is 1.74. The summed E-state index contributed by atoms with van der Waals surface area (Å²) >= 11 is 12.0. The lowest BCUT2D eigenvalue weighted by Crippen LogP contribution is -2.37. The molecule has 0 spiro atoms. The fraction of sp³-hybridized carbons (Fsp3) is 0.321. The number of amides is 2. The molecule has 0 bridgehead atoms. The molecule has 0 aliphatic rings. The molecule has 12 heteroatoms. The maximum absolute atomic E-state index is 13.4. The van der Waals surface area contributed by atoms with Crippen molar-refractivity contribution in [1.29, 1.82) is 0 Å². The fourth-order valence-corrected chi connectivity index (χ4v) is 5.28. The number of methoxy groups -OCH3 is 2. The van der Waals surface area contributed by atoms with Crippen LogP contribution < -0.4 is 19.1 Å². The molecule has 0 saturated heterocycles. The molecule has 0 heterocycles. The van der Waals surface area contributed by atoms with Crippen LogP contribution in [0.5, 0.6) is 11.5 Å². The Morgan fingerprint density at radius 2 is 1.65 bits per heavy atom. The van der Waals surface area contributed by atoms with Crippen LogP contribution in [0.3, 0.4) is 0 Å². The highest BCUT2D eigenvalue weighted by atomic mass is 35.5. The van der Waals surface area contributed by atoms with Gasteiger partial charge in [-0.25, -0.2) is 4.79 Å². The van der Waals surface area contributed by atoms with Crippen molar-refractivity contribution in [1.82, 2.24) is 4.90 Å². The molecule has 0 saturated carbocycles. The SMILES string of the molecule is CCN(CC)c1ccc(CN(CCOC)C(=O)Nc2ccccc2OC)c(OS(=O)(=O)c2ccc(Cl)c(Cl)c2)c1.